The van der Waals surface area contributed by atoms with Gasteiger partial charge in [-0.15, -0.1) is 0 Å². The quantitative estimate of drug-likeness (QED) is 0.845. The van der Waals surface area contributed by atoms with E-state index in [2.05, 4.69) is 0 Å². The minimum Gasteiger partial charge on any atom is -0.496 e. The lowest BCUT2D eigenvalue weighted by Gasteiger charge is -2.10. The van der Waals surface area contributed by atoms with E-state index in [0.717, 1.165) is 5.56 Å². The molecule has 0 fully saturated rings. The van der Waals surface area contributed by atoms with E-state index in [1.54, 1.807) is 30.3 Å². The molecule has 2 aromatic carbocycles. The van der Waals surface area contributed by atoms with Crippen molar-refractivity contribution in [3.8, 4) is 16.9 Å². The van der Waals surface area contributed by atoms with Crippen LogP contribution in [0.4, 0.5) is 5.69 Å². The number of aromatic carboxylic acids is 1. The Kier molecular flexibility index (Phi) is 3.62. The summed E-state index contributed by atoms with van der Waals surface area (Å²) in [5, 5.41) is 9.59. The Morgan fingerprint density at radius 1 is 1.26 bits per heavy atom. The molecule has 2 rings (SSSR count). The molecule has 0 saturated carbocycles. The van der Waals surface area contributed by atoms with Gasteiger partial charge >= 0.3 is 5.97 Å². The highest BCUT2D eigenvalue weighted by molar-refractivity contribution is 6.30. The fourth-order valence-corrected chi connectivity index (χ4v) is 2.00. The first kappa shape index (κ1) is 13.2. The molecular weight excluding hydrogens is 266 g/mol. The van der Waals surface area contributed by atoms with Gasteiger partial charge in [0.1, 0.15) is 5.75 Å². The first-order valence-corrected chi connectivity index (χ1v) is 5.87. The number of carboxylic acid groups (broad SMARTS) is 1. The van der Waals surface area contributed by atoms with Crippen molar-refractivity contribution in [1.29, 1.82) is 0 Å². The van der Waals surface area contributed by atoms with Crippen molar-refractivity contribution in [2.75, 3.05) is 12.8 Å². The first-order chi connectivity index (χ1) is 9.01. The van der Waals surface area contributed by atoms with Crippen molar-refractivity contribution in [2.24, 2.45) is 0 Å². The summed E-state index contributed by atoms with van der Waals surface area (Å²) in [5.74, 6) is -0.462. The molecule has 98 valence electrons. The molecule has 0 saturated heterocycles. The molecule has 5 heteroatoms. The molecule has 3 N–H and O–H groups in total. The van der Waals surface area contributed by atoms with Crippen LogP contribution in [0, 0.1) is 0 Å². The normalized spacial score (nSPS) is 10.2. The Labute approximate surface area is 115 Å². The molecule has 2 aromatic rings. The van der Waals surface area contributed by atoms with Crippen molar-refractivity contribution >= 4 is 23.3 Å². The van der Waals surface area contributed by atoms with E-state index in [-0.39, 0.29) is 5.56 Å². The van der Waals surface area contributed by atoms with Gasteiger partial charge < -0.3 is 15.6 Å². The number of carbonyl (C=O) groups is 1. The zero-order valence-electron chi connectivity index (χ0n) is 10.2. The smallest absolute Gasteiger partial charge is 0.335 e. The molecule has 4 nitrogen and oxygen atoms in total. The molecule has 0 aliphatic carbocycles. The summed E-state index contributed by atoms with van der Waals surface area (Å²) < 4.78 is 5.25. The summed E-state index contributed by atoms with van der Waals surface area (Å²) in [6, 6.07) is 9.79. The molecule has 0 spiro atoms. The van der Waals surface area contributed by atoms with Gasteiger partial charge in [-0.1, -0.05) is 11.6 Å². The van der Waals surface area contributed by atoms with Crippen LogP contribution in [-0.2, 0) is 0 Å². The van der Waals surface area contributed by atoms with Gasteiger partial charge in [0.25, 0.3) is 0 Å². The van der Waals surface area contributed by atoms with Gasteiger partial charge in [-0.3, -0.25) is 0 Å². The summed E-state index contributed by atoms with van der Waals surface area (Å²) in [5.41, 5.74) is 7.65. The predicted molar refractivity (Wildman–Crippen MR) is 74.8 cm³/mol. The molecule has 19 heavy (non-hydrogen) atoms. The molecule has 0 heterocycles. The number of rotatable bonds is 3. The fourth-order valence-electron chi connectivity index (χ4n) is 1.83. The average molecular weight is 278 g/mol. The van der Waals surface area contributed by atoms with E-state index < -0.39 is 5.97 Å². The number of ether oxygens (including phenoxy) is 1. The number of carboxylic acids is 1. The van der Waals surface area contributed by atoms with Crippen molar-refractivity contribution in [2.45, 2.75) is 0 Å². The van der Waals surface area contributed by atoms with E-state index in [1.807, 2.05) is 0 Å². The van der Waals surface area contributed by atoms with Crippen LogP contribution in [-0.4, -0.2) is 18.2 Å². The van der Waals surface area contributed by atoms with Crippen LogP contribution in [0.25, 0.3) is 11.1 Å². The van der Waals surface area contributed by atoms with Crippen molar-refractivity contribution in [3.63, 3.8) is 0 Å². The summed E-state index contributed by atoms with van der Waals surface area (Å²) in [4.78, 5) is 11.0. The number of anilines is 1. The summed E-state index contributed by atoms with van der Waals surface area (Å²) in [6.45, 7) is 0. The van der Waals surface area contributed by atoms with E-state index in [9.17, 15) is 4.79 Å². The zero-order valence-corrected chi connectivity index (χ0v) is 10.9. The maximum Gasteiger partial charge on any atom is 0.335 e. The number of methoxy groups -OCH3 is 1. The third-order valence-electron chi connectivity index (χ3n) is 2.68. The van der Waals surface area contributed by atoms with Crippen LogP contribution >= 0.6 is 11.6 Å². The lowest BCUT2D eigenvalue weighted by Crippen LogP contribution is -1.99. The van der Waals surface area contributed by atoms with Crippen LogP contribution in [0.3, 0.4) is 0 Å². The van der Waals surface area contributed by atoms with E-state index in [4.69, 9.17) is 27.2 Å². The van der Waals surface area contributed by atoms with Gasteiger partial charge in [0, 0.05) is 16.3 Å². The van der Waals surface area contributed by atoms with Gasteiger partial charge in [0.15, 0.2) is 0 Å². The minimum absolute atomic E-state index is 0.131. The standard InChI is InChI=1S/C14H12ClNO3/c1-19-13-7-10(15)2-3-12(13)8-4-9(14(17)18)6-11(16)5-8/h2-7H,16H2,1H3,(H,17,18). The topological polar surface area (TPSA) is 72.5 Å². The molecule has 0 aromatic heterocycles. The highest BCUT2D eigenvalue weighted by Gasteiger charge is 2.11. The number of hydrogen-bond acceptors (Lipinski definition) is 3. The molecule has 0 aliphatic heterocycles. The van der Waals surface area contributed by atoms with Crippen molar-refractivity contribution < 1.29 is 14.6 Å². The fraction of sp³-hybridized carbons (Fsp3) is 0.0714. The Morgan fingerprint density at radius 3 is 2.63 bits per heavy atom. The highest BCUT2D eigenvalue weighted by Crippen LogP contribution is 2.33. The van der Waals surface area contributed by atoms with Crippen LogP contribution < -0.4 is 10.5 Å². The Morgan fingerprint density at radius 2 is 2.00 bits per heavy atom. The number of benzene rings is 2. The summed E-state index contributed by atoms with van der Waals surface area (Å²) in [7, 11) is 1.53. The van der Waals surface area contributed by atoms with E-state index in [0.29, 0.717) is 22.0 Å². The summed E-state index contributed by atoms with van der Waals surface area (Å²) >= 11 is 5.90. The van der Waals surface area contributed by atoms with Gasteiger partial charge in [-0.05, 0) is 42.0 Å². The van der Waals surface area contributed by atoms with E-state index >= 15 is 0 Å². The van der Waals surface area contributed by atoms with Gasteiger partial charge in [-0.2, -0.15) is 0 Å². The SMILES string of the molecule is COc1cc(Cl)ccc1-c1cc(N)cc(C(=O)O)c1. The number of nitrogens with two attached hydrogens (primary N) is 1. The zero-order chi connectivity index (χ0) is 14.0. The molecule has 0 radical (unpaired) electrons. The third kappa shape index (κ3) is 2.80. The second-order valence-corrected chi connectivity index (χ2v) is 4.43. The second kappa shape index (κ2) is 5.20. The predicted octanol–water partition coefficient (Wildman–Crippen LogP) is 3.30. The third-order valence-corrected chi connectivity index (χ3v) is 2.91. The van der Waals surface area contributed by atoms with Gasteiger partial charge in [-0.25, -0.2) is 4.79 Å². The van der Waals surface area contributed by atoms with Crippen LogP contribution in [0.15, 0.2) is 36.4 Å². The molecular formula is C14H12ClNO3. The van der Waals surface area contributed by atoms with Crippen molar-refractivity contribution in [1.82, 2.24) is 0 Å². The molecule has 0 unspecified atom stereocenters. The van der Waals surface area contributed by atoms with Crippen LogP contribution in [0.5, 0.6) is 5.75 Å². The summed E-state index contributed by atoms with van der Waals surface area (Å²) in [6.07, 6.45) is 0. The number of nitrogen functional groups attached to an aromatic ring is 1. The first-order valence-electron chi connectivity index (χ1n) is 5.49. The Balaban J connectivity index is 2.61. The maximum absolute atomic E-state index is 11.0. The minimum atomic E-state index is -1.03. The van der Waals surface area contributed by atoms with Crippen molar-refractivity contribution in [3.05, 3.63) is 47.0 Å². The van der Waals surface area contributed by atoms with E-state index in [1.165, 1.54) is 13.2 Å². The van der Waals surface area contributed by atoms with Crippen LogP contribution in [0.1, 0.15) is 10.4 Å². The highest BCUT2D eigenvalue weighted by atomic mass is 35.5. The molecule has 0 amide bonds. The van der Waals surface area contributed by atoms with Gasteiger partial charge in [0.05, 0.1) is 12.7 Å². The Hall–Kier alpha value is -2.20. The monoisotopic (exact) mass is 277 g/mol. The largest absolute Gasteiger partial charge is 0.496 e. The molecule has 0 aliphatic rings. The van der Waals surface area contributed by atoms with Gasteiger partial charge in [0.2, 0.25) is 0 Å². The number of hydrogen-bond donors (Lipinski definition) is 2. The maximum atomic E-state index is 11.0. The number of halogens is 1. The molecule has 0 atom stereocenters. The van der Waals surface area contributed by atoms with Crippen LogP contribution in [0.2, 0.25) is 5.02 Å². The lowest BCUT2D eigenvalue weighted by molar-refractivity contribution is 0.0697. The molecule has 0 bridgehead atoms. The second-order valence-electron chi connectivity index (χ2n) is 3.99. The average Bonchev–Trinajstić information content (AvgIpc) is 2.37. The lowest BCUT2D eigenvalue weighted by atomic mass is 10.0. The Bertz CT molecular complexity index is 641.